The molecule has 0 aliphatic heterocycles. The first-order chi connectivity index (χ1) is 8.36. The summed E-state index contributed by atoms with van der Waals surface area (Å²) in [5.41, 5.74) is 1.56. The molecule has 1 aliphatic carbocycles. The number of terminal acetylenes is 1. The molecule has 0 amide bonds. The van der Waals surface area contributed by atoms with Crippen LogP contribution in [0.5, 0.6) is 0 Å². The minimum atomic E-state index is 0.522. The van der Waals surface area contributed by atoms with Crippen LogP contribution < -0.4 is 10.6 Å². The molecule has 0 saturated heterocycles. The van der Waals surface area contributed by atoms with Crippen LogP contribution in [-0.4, -0.2) is 25.6 Å². The van der Waals surface area contributed by atoms with E-state index in [-0.39, 0.29) is 0 Å². The lowest BCUT2D eigenvalue weighted by Crippen LogP contribution is -2.37. The van der Waals surface area contributed by atoms with Crippen molar-refractivity contribution in [3.05, 3.63) is 11.6 Å². The summed E-state index contributed by atoms with van der Waals surface area (Å²) >= 11 is 0. The Labute approximate surface area is 105 Å². The molecular formula is C14H23N3. The molecule has 94 valence electrons. The van der Waals surface area contributed by atoms with Gasteiger partial charge >= 0.3 is 0 Å². The maximum atomic E-state index is 5.21. The molecule has 0 aromatic carbocycles. The molecular weight excluding hydrogens is 210 g/mol. The number of allylic oxidation sites excluding steroid dienone is 1. The highest BCUT2D eigenvalue weighted by Gasteiger charge is 2.03. The van der Waals surface area contributed by atoms with Crippen LogP contribution in [0.2, 0.25) is 0 Å². The van der Waals surface area contributed by atoms with E-state index in [9.17, 15) is 0 Å². The monoisotopic (exact) mass is 233 g/mol. The van der Waals surface area contributed by atoms with Gasteiger partial charge < -0.3 is 10.6 Å². The van der Waals surface area contributed by atoms with E-state index in [4.69, 9.17) is 6.42 Å². The average Bonchev–Trinajstić information content (AvgIpc) is 2.37. The highest BCUT2D eigenvalue weighted by molar-refractivity contribution is 5.79. The molecule has 0 heterocycles. The number of nitrogens with one attached hydrogen (secondary N) is 2. The molecule has 3 nitrogen and oxygen atoms in total. The summed E-state index contributed by atoms with van der Waals surface area (Å²) in [5, 5.41) is 6.27. The van der Waals surface area contributed by atoms with Gasteiger partial charge in [-0.05, 0) is 39.0 Å². The van der Waals surface area contributed by atoms with Gasteiger partial charge in [-0.3, -0.25) is 4.99 Å². The maximum Gasteiger partial charge on any atom is 0.192 e. The largest absolute Gasteiger partial charge is 0.357 e. The summed E-state index contributed by atoms with van der Waals surface area (Å²) in [4.78, 5) is 4.50. The number of rotatable bonds is 5. The lowest BCUT2D eigenvalue weighted by Gasteiger charge is -2.12. The molecule has 3 heteroatoms. The van der Waals surface area contributed by atoms with Gasteiger partial charge in [-0.15, -0.1) is 6.42 Å². The van der Waals surface area contributed by atoms with Gasteiger partial charge in [-0.1, -0.05) is 17.6 Å². The molecule has 0 saturated carbocycles. The third-order valence-electron chi connectivity index (χ3n) is 2.79. The van der Waals surface area contributed by atoms with Gasteiger partial charge in [-0.25, -0.2) is 0 Å². The van der Waals surface area contributed by atoms with Gasteiger partial charge in [0, 0.05) is 13.1 Å². The Morgan fingerprint density at radius 3 is 3.00 bits per heavy atom. The zero-order chi connectivity index (χ0) is 12.3. The Hall–Kier alpha value is -1.43. The Morgan fingerprint density at radius 1 is 1.47 bits per heavy atom. The van der Waals surface area contributed by atoms with E-state index in [1.54, 1.807) is 5.57 Å². The predicted molar refractivity (Wildman–Crippen MR) is 74.0 cm³/mol. The minimum Gasteiger partial charge on any atom is -0.357 e. The van der Waals surface area contributed by atoms with Crippen LogP contribution in [0.25, 0.3) is 0 Å². The zero-order valence-corrected chi connectivity index (χ0v) is 10.8. The topological polar surface area (TPSA) is 36.4 Å². The molecule has 1 aliphatic rings. The van der Waals surface area contributed by atoms with Crippen molar-refractivity contribution in [2.45, 2.75) is 39.0 Å². The first-order valence-corrected chi connectivity index (χ1v) is 6.50. The normalized spacial score (nSPS) is 16.0. The third-order valence-corrected chi connectivity index (χ3v) is 2.79. The number of hydrogen-bond donors (Lipinski definition) is 2. The summed E-state index contributed by atoms with van der Waals surface area (Å²) < 4.78 is 0. The summed E-state index contributed by atoms with van der Waals surface area (Å²) in [6, 6.07) is 0. The third kappa shape index (κ3) is 6.01. The number of guanidine groups is 1. The first kappa shape index (κ1) is 13.6. The van der Waals surface area contributed by atoms with Crippen molar-refractivity contribution in [2.75, 3.05) is 19.6 Å². The van der Waals surface area contributed by atoms with Crippen molar-refractivity contribution in [3.8, 4) is 12.3 Å². The van der Waals surface area contributed by atoms with Gasteiger partial charge in [-0.2, -0.15) is 0 Å². The van der Waals surface area contributed by atoms with E-state index in [0.29, 0.717) is 6.54 Å². The van der Waals surface area contributed by atoms with Crippen molar-refractivity contribution in [3.63, 3.8) is 0 Å². The van der Waals surface area contributed by atoms with Crippen LogP contribution in [0.3, 0.4) is 0 Å². The Bertz CT molecular complexity index is 310. The molecule has 0 spiro atoms. The fraction of sp³-hybridized carbons (Fsp3) is 0.643. The van der Waals surface area contributed by atoms with E-state index < -0.39 is 0 Å². The van der Waals surface area contributed by atoms with E-state index in [2.05, 4.69) is 34.5 Å². The number of hydrogen-bond acceptors (Lipinski definition) is 1. The minimum absolute atomic E-state index is 0.522. The molecule has 1 rings (SSSR count). The lowest BCUT2D eigenvalue weighted by atomic mass is 9.97. The maximum absolute atomic E-state index is 5.21. The Balaban J connectivity index is 2.32. The lowest BCUT2D eigenvalue weighted by molar-refractivity contribution is 0.675. The summed E-state index contributed by atoms with van der Waals surface area (Å²) in [6.45, 7) is 4.27. The summed E-state index contributed by atoms with van der Waals surface area (Å²) in [7, 11) is 0. The molecule has 2 N–H and O–H groups in total. The van der Waals surface area contributed by atoms with E-state index in [1.807, 2.05) is 0 Å². The van der Waals surface area contributed by atoms with E-state index >= 15 is 0 Å². The molecule has 0 aromatic heterocycles. The SMILES string of the molecule is C#CCNC(=NCCC1=CCCCC1)NCC. The van der Waals surface area contributed by atoms with Crippen molar-refractivity contribution in [1.29, 1.82) is 0 Å². The fourth-order valence-electron chi connectivity index (χ4n) is 1.92. The second kappa shape index (κ2) is 8.69. The molecule has 17 heavy (non-hydrogen) atoms. The molecule has 0 radical (unpaired) electrons. The van der Waals surface area contributed by atoms with Crippen molar-refractivity contribution < 1.29 is 0 Å². The van der Waals surface area contributed by atoms with E-state index in [0.717, 1.165) is 25.5 Å². The fourth-order valence-corrected chi connectivity index (χ4v) is 1.92. The summed E-state index contributed by atoms with van der Waals surface area (Å²) in [6.07, 6.45) is 13.8. The molecule has 0 aromatic rings. The average molecular weight is 233 g/mol. The molecule has 0 atom stereocenters. The van der Waals surface area contributed by atoms with Crippen LogP contribution in [0.4, 0.5) is 0 Å². The molecule has 0 fully saturated rings. The van der Waals surface area contributed by atoms with Crippen molar-refractivity contribution >= 4 is 5.96 Å². The quantitative estimate of drug-likeness (QED) is 0.330. The highest BCUT2D eigenvalue weighted by Crippen LogP contribution is 2.19. The smallest absolute Gasteiger partial charge is 0.192 e. The van der Waals surface area contributed by atoms with Gasteiger partial charge in [0.05, 0.1) is 6.54 Å². The second-order valence-electron chi connectivity index (χ2n) is 4.18. The second-order valence-corrected chi connectivity index (χ2v) is 4.18. The molecule has 0 unspecified atom stereocenters. The first-order valence-electron chi connectivity index (χ1n) is 6.50. The zero-order valence-electron chi connectivity index (χ0n) is 10.8. The van der Waals surface area contributed by atoms with Gasteiger partial charge in [0.2, 0.25) is 0 Å². The standard InChI is InChI=1S/C14H23N3/c1-3-11-16-14(15-4-2)17-12-10-13-8-6-5-7-9-13/h1,8H,4-7,9-12H2,2H3,(H2,15,16,17). The van der Waals surface area contributed by atoms with E-state index in [1.165, 1.54) is 25.7 Å². The predicted octanol–water partition coefficient (Wildman–Crippen LogP) is 2.07. The number of nitrogens with zero attached hydrogens (tertiary/aromatic N) is 1. The Kier molecular flexibility index (Phi) is 6.97. The van der Waals surface area contributed by atoms with Crippen LogP contribution in [-0.2, 0) is 0 Å². The molecule has 0 bridgehead atoms. The van der Waals surface area contributed by atoms with Crippen LogP contribution >= 0.6 is 0 Å². The highest BCUT2D eigenvalue weighted by atomic mass is 15.2. The van der Waals surface area contributed by atoms with Gasteiger partial charge in [0.1, 0.15) is 0 Å². The Morgan fingerprint density at radius 2 is 2.35 bits per heavy atom. The van der Waals surface area contributed by atoms with Crippen LogP contribution in [0.1, 0.15) is 39.0 Å². The van der Waals surface area contributed by atoms with Crippen molar-refractivity contribution in [1.82, 2.24) is 10.6 Å². The van der Waals surface area contributed by atoms with Gasteiger partial charge in [0.15, 0.2) is 5.96 Å². The van der Waals surface area contributed by atoms with Crippen LogP contribution in [0, 0.1) is 12.3 Å². The summed E-state index contributed by atoms with van der Waals surface area (Å²) in [5.74, 6) is 3.37. The van der Waals surface area contributed by atoms with Crippen LogP contribution in [0.15, 0.2) is 16.6 Å². The van der Waals surface area contributed by atoms with Crippen molar-refractivity contribution in [2.24, 2.45) is 4.99 Å². The van der Waals surface area contributed by atoms with Gasteiger partial charge in [0.25, 0.3) is 0 Å². The number of aliphatic imine (C=N–C) groups is 1.